The van der Waals surface area contributed by atoms with E-state index in [0.717, 1.165) is 0 Å². The average Bonchev–Trinajstić information content (AvgIpc) is 2.17. The van der Waals surface area contributed by atoms with Gasteiger partial charge in [-0.2, -0.15) is 5.26 Å². The molecule has 0 N–H and O–H groups in total. The van der Waals surface area contributed by atoms with E-state index in [1.165, 1.54) is 10.5 Å². The summed E-state index contributed by atoms with van der Waals surface area (Å²) in [6, 6.07) is 10.5. The summed E-state index contributed by atoms with van der Waals surface area (Å²) in [6.07, 6.45) is 0. The molecule has 1 rings (SSSR count). The Hall–Kier alpha value is -0.630. The van der Waals surface area contributed by atoms with Crippen molar-refractivity contribution in [2.45, 2.75) is 11.8 Å². The number of nitriles is 1. The molecule has 74 valence electrons. The summed E-state index contributed by atoms with van der Waals surface area (Å²) in [5, 5.41) is 8.46. The molecule has 0 aromatic heterocycles. The molecule has 0 aliphatic carbocycles. The van der Waals surface area contributed by atoms with E-state index >= 15 is 0 Å². The van der Waals surface area contributed by atoms with Crippen molar-refractivity contribution in [3.8, 4) is 6.07 Å². The van der Waals surface area contributed by atoms with Crippen molar-refractivity contribution in [3.05, 3.63) is 29.8 Å². The average molecular weight is 224 g/mol. The Morgan fingerprint density at radius 2 is 2.00 bits per heavy atom. The maximum absolute atomic E-state index is 8.46. The Kier molecular flexibility index (Phi) is 4.88. The lowest BCUT2D eigenvalue weighted by Gasteiger charge is -2.09. The standard InChI is InChI=1S/C10H12N2S2/c1-9-3-5-10(6-4-9)13-14-12(2)8-7-11/h3-6H,8H2,1-2H3. The zero-order valence-corrected chi connectivity index (χ0v) is 9.86. The van der Waals surface area contributed by atoms with Crippen molar-refractivity contribution in [3.63, 3.8) is 0 Å². The zero-order valence-electron chi connectivity index (χ0n) is 8.23. The Labute approximate surface area is 92.8 Å². The molecule has 0 amide bonds. The fourth-order valence-corrected chi connectivity index (χ4v) is 2.53. The quantitative estimate of drug-likeness (QED) is 0.446. The third-order valence-corrected chi connectivity index (χ3v) is 4.06. The Bertz CT molecular complexity index is 316. The van der Waals surface area contributed by atoms with E-state index in [2.05, 4.69) is 37.3 Å². The minimum absolute atomic E-state index is 0.448. The highest BCUT2D eigenvalue weighted by Gasteiger charge is 1.99. The smallest absolute Gasteiger partial charge is 0.0966 e. The van der Waals surface area contributed by atoms with Gasteiger partial charge in [-0.3, -0.25) is 0 Å². The van der Waals surface area contributed by atoms with E-state index in [0.29, 0.717) is 6.54 Å². The van der Waals surface area contributed by atoms with Gasteiger partial charge in [0.15, 0.2) is 0 Å². The van der Waals surface area contributed by atoms with E-state index in [4.69, 9.17) is 5.26 Å². The van der Waals surface area contributed by atoms with Gasteiger partial charge in [0.25, 0.3) is 0 Å². The van der Waals surface area contributed by atoms with Crippen LogP contribution in [0.25, 0.3) is 0 Å². The molecule has 0 aliphatic rings. The lowest BCUT2D eigenvalue weighted by molar-refractivity contribution is 0.650. The van der Waals surface area contributed by atoms with E-state index in [1.54, 1.807) is 21.8 Å². The Balaban J connectivity index is 2.39. The van der Waals surface area contributed by atoms with Crippen molar-refractivity contribution in [1.82, 2.24) is 4.31 Å². The first kappa shape index (κ1) is 11.4. The molecular weight excluding hydrogens is 212 g/mol. The monoisotopic (exact) mass is 224 g/mol. The highest BCUT2D eigenvalue weighted by atomic mass is 33.1. The lowest BCUT2D eigenvalue weighted by atomic mass is 10.2. The molecule has 0 atom stereocenters. The minimum atomic E-state index is 0.448. The maximum atomic E-state index is 8.46. The molecule has 4 heteroatoms. The van der Waals surface area contributed by atoms with Gasteiger partial charge < -0.3 is 0 Å². The van der Waals surface area contributed by atoms with Crippen LogP contribution in [0.4, 0.5) is 0 Å². The Morgan fingerprint density at radius 3 is 2.57 bits per heavy atom. The molecule has 0 unspecified atom stereocenters. The first-order valence-corrected chi connectivity index (χ1v) is 6.32. The van der Waals surface area contributed by atoms with E-state index in [-0.39, 0.29) is 0 Å². The summed E-state index contributed by atoms with van der Waals surface area (Å²) in [5.74, 6) is 0. The van der Waals surface area contributed by atoms with E-state index < -0.39 is 0 Å². The van der Waals surface area contributed by atoms with Gasteiger partial charge in [0.2, 0.25) is 0 Å². The predicted molar refractivity (Wildman–Crippen MR) is 62.9 cm³/mol. The highest BCUT2D eigenvalue weighted by molar-refractivity contribution is 8.75. The summed E-state index contributed by atoms with van der Waals surface area (Å²) in [4.78, 5) is 1.21. The number of aryl methyl sites for hydroxylation is 1. The van der Waals surface area contributed by atoms with Crippen LogP contribution < -0.4 is 0 Å². The van der Waals surface area contributed by atoms with E-state index in [9.17, 15) is 0 Å². The Morgan fingerprint density at radius 1 is 1.36 bits per heavy atom. The molecule has 1 aromatic rings. The third-order valence-electron chi connectivity index (χ3n) is 1.58. The molecule has 0 bridgehead atoms. The maximum Gasteiger partial charge on any atom is 0.0966 e. The highest BCUT2D eigenvalue weighted by Crippen LogP contribution is 2.32. The van der Waals surface area contributed by atoms with Crippen molar-refractivity contribution >= 4 is 21.8 Å². The van der Waals surface area contributed by atoms with E-state index in [1.807, 2.05) is 11.4 Å². The largest absolute Gasteiger partial charge is 0.230 e. The summed E-state index contributed by atoms with van der Waals surface area (Å²) in [7, 11) is 5.17. The van der Waals surface area contributed by atoms with Crippen LogP contribution in [0.15, 0.2) is 29.2 Å². The van der Waals surface area contributed by atoms with Crippen LogP contribution >= 0.6 is 21.8 Å². The normalized spacial score (nSPS) is 10.1. The predicted octanol–water partition coefficient (Wildman–Crippen LogP) is 3.11. The SMILES string of the molecule is Cc1ccc(SSN(C)CC#N)cc1. The van der Waals surface area contributed by atoms with Gasteiger partial charge in [-0.25, -0.2) is 4.31 Å². The zero-order chi connectivity index (χ0) is 10.4. The molecule has 14 heavy (non-hydrogen) atoms. The molecule has 2 nitrogen and oxygen atoms in total. The van der Waals surface area contributed by atoms with Gasteiger partial charge in [-0.1, -0.05) is 17.7 Å². The molecule has 0 spiro atoms. The first-order valence-electron chi connectivity index (χ1n) is 4.22. The van der Waals surface area contributed by atoms with Crippen LogP contribution in [0.3, 0.4) is 0 Å². The fraction of sp³-hybridized carbons (Fsp3) is 0.300. The van der Waals surface area contributed by atoms with Crippen molar-refractivity contribution in [1.29, 1.82) is 5.26 Å². The number of benzene rings is 1. The molecule has 0 aliphatic heterocycles. The summed E-state index contributed by atoms with van der Waals surface area (Å²) in [6.45, 7) is 2.52. The molecule has 0 heterocycles. The van der Waals surface area contributed by atoms with Gasteiger partial charge in [-0.05, 0) is 47.9 Å². The molecular formula is C10H12N2S2. The summed E-state index contributed by atoms with van der Waals surface area (Å²) < 4.78 is 1.91. The number of rotatable bonds is 4. The topological polar surface area (TPSA) is 27.0 Å². The van der Waals surface area contributed by atoms with Crippen LogP contribution in [-0.2, 0) is 0 Å². The lowest BCUT2D eigenvalue weighted by Crippen LogP contribution is -2.06. The number of nitrogens with zero attached hydrogens (tertiary/aromatic N) is 2. The fourth-order valence-electron chi connectivity index (χ4n) is 0.826. The second-order valence-corrected chi connectivity index (χ2v) is 5.27. The number of hydrogen-bond donors (Lipinski definition) is 0. The van der Waals surface area contributed by atoms with Gasteiger partial charge >= 0.3 is 0 Å². The van der Waals surface area contributed by atoms with Crippen LogP contribution in [0.5, 0.6) is 0 Å². The van der Waals surface area contributed by atoms with Crippen LogP contribution in [0, 0.1) is 18.3 Å². The van der Waals surface area contributed by atoms with Crippen LogP contribution in [-0.4, -0.2) is 17.9 Å². The third kappa shape index (κ3) is 4.05. The molecule has 1 aromatic carbocycles. The van der Waals surface area contributed by atoms with Crippen LogP contribution in [0.2, 0.25) is 0 Å². The molecule has 0 saturated heterocycles. The second-order valence-electron chi connectivity index (χ2n) is 2.92. The second kappa shape index (κ2) is 5.97. The van der Waals surface area contributed by atoms with Crippen molar-refractivity contribution in [2.75, 3.05) is 13.6 Å². The molecule has 0 saturated carbocycles. The van der Waals surface area contributed by atoms with Gasteiger partial charge in [0, 0.05) is 4.90 Å². The van der Waals surface area contributed by atoms with Gasteiger partial charge in [-0.15, -0.1) is 0 Å². The molecule has 0 fully saturated rings. The number of hydrogen-bond acceptors (Lipinski definition) is 4. The molecule has 0 radical (unpaired) electrons. The van der Waals surface area contributed by atoms with Crippen molar-refractivity contribution in [2.24, 2.45) is 0 Å². The summed E-state index contributed by atoms with van der Waals surface area (Å²) >= 11 is 0. The summed E-state index contributed by atoms with van der Waals surface area (Å²) in [5.41, 5.74) is 1.27. The first-order chi connectivity index (χ1) is 6.72. The van der Waals surface area contributed by atoms with Gasteiger partial charge in [0.1, 0.15) is 0 Å². The van der Waals surface area contributed by atoms with Crippen LogP contribution in [0.1, 0.15) is 5.56 Å². The van der Waals surface area contributed by atoms with Gasteiger partial charge in [0.05, 0.1) is 12.6 Å². The minimum Gasteiger partial charge on any atom is -0.230 e. The van der Waals surface area contributed by atoms with Crippen molar-refractivity contribution < 1.29 is 0 Å².